The van der Waals surface area contributed by atoms with Crippen LogP contribution in [0.5, 0.6) is 0 Å². The Morgan fingerprint density at radius 3 is 2.44 bits per heavy atom. The maximum absolute atomic E-state index is 12.3. The maximum atomic E-state index is 12.3. The van der Waals surface area contributed by atoms with E-state index < -0.39 is 0 Å². The van der Waals surface area contributed by atoms with Crippen molar-refractivity contribution in [2.45, 2.75) is 12.8 Å². The molecule has 2 aromatic rings. The van der Waals surface area contributed by atoms with Crippen LogP contribution in [0.25, 0.3) is 0 Å². The Kier molecular flexibility index (Phi) is 6.06. The van der Waals surface area contributed by atoms with E-state index in [1.54, 1.807) is 11.3 Å². The average Bonchev–Trinajstić information content (AvgIpc) is 3.19. The maximum Gasteiger partial charge on any atom is 0.242 e. The zero-order valence-electron chi connectivity index (χ0n) is 14.2. The van der Waals surface area contributed by atoms with Crippen molar-refractivity contribution in [1.82, 2.24) is 10.2 Å². The molecular weight excluding hydrogens is 334 g/mol. The molecule has 2 amide bonds. The van der Waals surface area contributed by atoms with Gasteiger partial charge in [-0.15, -0.1) is 11.3 Å². The Bertz CT molecular complexity index is 680. The van der Waals surface area contributed by atoms with Gasteiger partial charge in [0.2, 0.25) is 11.8 Å². The number of carbonyl (C=O) groups is 2. The highest BCUT2D eigenvalue weighted by molar-refractivity contribution is 7.09. The Balaban J connectivity index is 1.37. The summed E-state index contributed by atoms with van der Waals surface area (Å²) in [6, 6.07) is 14.2. The molecule has 1 saturated heterocycles. The van der Waals surface area contributed by atoms with E-state index in [4.69, 9.17) is 0 Å². The first-order chi connectivity index (χ1) is 12.2. The van der Waals surface area contributed by atoms with E-state index in [0.29, 0.717) is 19.5 Å². The van der Waals surface area contributed by atoms with Gasteiger partial charge in [0, 0.05) is 43.2 Å². The molecule has 1 aliphatic heterocycles. The van der Waals surface area contributed by atoms with Crippen molar-refractivity contribution < 1.29 is 9.59 Å². The van der Waals surface area contributed by atoms with Gasteiger partial charge in [-0.2, -0.15) is 0 Å². The van der Waals surface area contributed by atoms with Gasteiger partial charge in [0.05, 0.1) is 6.54 Å². The van der Waals surface area contributed by atoms with Gasteiger partial charge in [-0.25, -0.2) is 0 Å². The minimum absolute atomic E-state index is 0.00261. The van der Waals surface area contributed by atoms with Crippen LogP contribution in [0.2, 0.25) is 0 Å². The van der Waals surface area contributed by atoms with E-state index >= 15 is 0 Å². The van der Waals surface area contributed by atoms with Crippen molar-refractivity contribution in [3.63, 3.8) is 0 Å². The molecule has 25 heavy (non-hydrogen) atoms. The smallest absolute Gasteiger partial charge is 0.242 e. The fourth-order valence-electron chi connectivity index (χ4n) is 2.92. The average molecular weight is 357 g/mol. The van der Waals surface area contributed by atoms with E-state index in [9.17, 15) is 9.59 Å². The number of rotatable bonds is 6. The largest absolute Gasteiger partial charge is 0.368 e. The van der Waals surface area contributed by atoms with Crippen LogP contribution in [-0.4, -0.2) is 49.4 Å². The molecule has 3 rings (SSSR count). The van der Waals surface area contributed by atoms with Crippen LogP contribution in [0.3, 0.4) is 0 Å². The number of para-hydroxylation sites is 1. The summed E-state index contributed by atoms with van der Waals surface area (Å²) in [5, 5.41) is 4.75. The van der Waals surface area contributed by atoms with Gasteiger partial charge in [0.15, 0.2) is 0 Å². The zero-order chi connectivity index (χ0) is 17.5. The van der Waals surface area contributed by atoms with Crippen molar-refractivity contribution in [2.75, 3.05) is 37.6 Å². The quantitative estimate of drug-likeness (QED) is 0.862. The summed E-state index contributed by atoms with van der Waals surface area (Å²) in [6.45, 7) is 3.12. The topological polar surface area (TPSA) is 52.7 Å². The molecule has 1 aromatic heterocycles. The number of hydrogen-bond acceptors (Lipinski definition) is 4. The number of nitrogens with zero attached hydrogens (tertiary/aromatic N) is 2. The summed E-state index contributed by atoms with van der Waals surface area (Å²) in [5.74, 6) is -0.0677. The van der Waals surface area contributed by atoms with Crippen LogP contribution < -0.4 is 10.2 Å². The van der Waals surface area contributed by atoms with Gasteiger partial charge < -0.3 is 15.1 Å². The molecule has 2 heterocycles. The Hall–Kier alpha value is -2.34. The molecule has 0 bridgehead atoms. The van der Waals surface area contributed by atoms with Crippen LogP contribution in [0.1, 0.15) is 11.3 Å². The molecule has 1 aromatic carbocycles. The van der Waals surface area contributed by atoms with Crippen molar-refractivity contribution in [2.24, 2.45) is 0 Å². The van der Waals surface area contributed by atoms with E-state index in [-0.39, 0.29) is 18.4 Å². The van der Waals surface area contributed by atoms with Crippen LogP contribution >= 0.6 is 11.3 Å². The molecule has 0 radical (unpaired) electrons. The molecule has 0 aliphatic carbocycles. The first-order valence-electron chi connectivity index (χ1n) is 8.59. The van der Waals surface area contributed by atoms with E-state index in [1.165, 1.54) is 10.6 Å². The molecule has 0 unspecified atom stereocenters. The molecule has 0 atom stereocenters. The lowest BCUT2D eigenvalue weighted by molar-refractivity contribution is -0.133. The van der Waals surface area contributed by atoms with Gasteiger partial charge in [0.25, 0.3) is 0 Å². The lowest BCUT2D eigenvalue weighted by Gasteiger charge is -2.36. The third-order valence-electron chi connectivity index (χ3n) is 4.37. The first-order valence-corrected chi connectivity index (χ1v) is 9.47. The highest BCUT2D eigenvalue weighted by Gasteiger charge is 2.21. The third kappa shape index (κ3) is 5.06. The number of carbonyl (C=O) groups excluding carboxylic acids is 2. The Morgan fingerprint density at radius 1 is 1.00 bits per heavy atom. The molecule has 0 spiro atoms. The second-order valence-corrected chi connectivity index (χ2v) is 7.09. The summed E-state index contributed by atoms with van der Waals surface area (Å²) >= 11 is 1.65. The number of aryl methyl sites for hydroxylation is 1. The monoisotopic (exact) mass is 357 g/mol. The predicted octanol–water partition coefficient (Wildman–Crippen LogP) is 2.15. The molecule has 1 N–H and O–H groups in total. The number of anilines is 1. The molecule has 132 valence electrons. The van der Waals surface area contributed by atoms with Crippen molar-refractivity contribution in [3.05, 3.63) is 52.7 Å². The van der Waals surface area contributed by atoms with Crippen molar-refractivity contribution in [1.29, 1.82) is 0 Å². The van der Waals surface area contributed by atoms with E-state index in [2.05, 4.69) is 22.3 Å². The van der Waals surface area contributed by atoms with Crippen LogP contribution in [0.4, 0.5) is 5.69 Å². The summed E-state index contributed by atoms with van der Waals surface area (Å²) in [4.78, 5) is 29.5. The second kappa shape index (κ2) is 8.67. The SMILES string of the molecule is O=C(CCc1cccs1)NCC(=O)N1CCN(c2ccccc2)CC1. The number of piperazine rings is 1. The molecule has 5 nitrogen and oxygen atoms in total. The molecule has 6 heteroatoms. The molecule has 0 saturated carbocycles. The summed E-state index contributed by atoms with van der Waals surface area (Å²) < 4.78 is 0. The zero-order valence-corrected chi connectivity index (χ0v) is 15.0. The van der Waals surface area contributed by atoms with E-state index in [1.807, 2.05) is 40.6 Å². The number of nitrogens with one attached hydrogen (secondary N) is 1. The minimum atomic E-state index is -0.0651. The van der Waals surface area contributed by atoms with Gasteiger partial charge >= 0.3 is 0 Å². The normalized spacial score (nSPS) is 14.4. The first kappa shape index (κ1) is 17.5. The van der Waals surface area contributed by atoms with Gasteiger partial charge in [-0.3, -0.25) is 9.59 Å². The molecule has 1 aliphatic rings. The summed E-state index contributed by atoms with van der Waals surface area (Å²) in [7, 11) is 0. The van der Waals surface area contributed by atoms with Gasteiger partial charge in [0.1, 0.15) is 0 Å². The minimum Gasteiger partial charge on any atom is -0.368 e. The fourth-order valence-corrected chi connectivity index (χ4v) is 3.63. The predicted molar refractivity (Wildman–Crippen MR) is 101 cm³/mol. The van der Waals surface area contributed by atoms with Crippen molar-refractivity contribution >= 4 is 28.8 Å². The lowest BCUT2D eigenvalue weighted by atomic mass is 10.2. The number of thiophene rings is 1. The third-order valence-corrected chi connectivity index (χ3v) is 5.31. The Morgan fingerprint density at radius 2 is 1.76 bits per heavy atom. The molecular formula is C19H23N3O2S. The summed E-state index contributed by atoms with van der Waals surface area (Å²) in [6.07, 6.45) is 1.16. The van der Waals surface area contributed by atoms with Crippen LogP contribution in [0, 0.1) is 0 Å². The highest BCUT2D eigenvalue weighted by atomic mass is 32.1. The number of hydrogen-bond donors (Lipinski definition) is 1. The van der Waals surface area contributed by atoms with Crippen LogP contribution in [0.15, 0.2) is 47.8 Å². The number of amides is 2. The van der Waals surface area contributed by atoms with E-state index in [0.717, 1.165) is 19.5 Å². The van der Waals surface area contributed by atoms with Gasteiger partial charge in [-0.05, 0) is 30.0 Å². The second-order valence-electron chi connectivity index (χ2n) is 6.06. The van der Waals surface area contributed by atoms with Crippen molar-refractivity contribution in [3.8, 4) is 0 Å². The highest BCUT2D eigenvalue weighted by Crippen LogP contribution is 2.15. The number of benzene rings is 1. The standard InChI is InChI=1S/C19H23N3O2S/c23-18(9-8-17-7-4-14-25-17)20-15-19(24)22-12-10-21(11-13-22)16-5-2-1-3-6-16/h1-7,14H,8-13,15H2,(H,20,23). The fraction of sp³-hybridized carbons (Fsp3) is 0.368. The van der Waals surface area contributed by atoms with Crippen LogP contribution in [-0.2, 0) is 16.0 Å². The Labute approximate surface area is 152 Å². The molecule has 1 fully saturated rings. The lowest BCUT2D eigenvalue weighted by Crippen LogP contribution is -2.51. The summed E-state index contributed by atoms with van der Waals surface area (Å²) in [5.41, 5.74) is 1.19. The van der Waals surface area contributed by atoms with Gasteiger partial charge in [-0.1, -0.05) is 24.3 Å².